The summed E-state index contributed by atoms with van der Waals surface area (Å²) in [5.74, 6) is 0.642. The monoisotopic (exact) mass is 441 g/mol. The van der Waals surface area contributed by atoms with Gasteiger partial charge in [-0.1, -0.05) is 0 Å². The van der Waals surface area contributed by atoms with Crippen molar-refractivity contribution < 1.29 is 30.8 Å². The molecule has 2 N–H and O–H groups in total. The van der Waals surface area contributed by atoms with Crippen LogP contribution in [0, 0.1) is 6.92 Å². The van der Waals surface area contributed by atoms with Gasteiger partial charge in [0.2, 0.25) is 5.82 Å². The number of H-pyrrole nitrogens is 1. The van der Waals surface area contributed by atoms with E-state index in [2.05, 4.69) is 25.9 Å². The average Bonchev–Trinajstić information content (AvgIpc) is 3.33. The summed E-state index contributed by atoms with van der Waals surface area (Å²) in [7, 11) is 0. The number of hydrogen-bond acceptors (Lipinski definition) is 5. The number of nitrogens with one attached hydrogen (secondary N) is 2. The summed E-state index contributed by atoms with van der Waals surface area (Å²) in [6, 6.07) is 7.06. The standard InChI is InChI=1S/C19H13F6N5O/c1-9-4-10-5-16(17-27-29-30-28-17)31-15(10)6-11(9)8-26-12-2-3-13(18(20,21)22)14(7-12)19(23,24)25/h2-7,26H,8H2,1H3,(H,27,28,29,30). The number of halogens is 6. The van der Waals surface area contributed by atoms with Crippen LogP contribution in [0.15, 0.2) is 40.8 Å². The van der Waals surface area contributed by atoms with E-state index in [-0.39, 0.29) is 18.1 Å². The highest BCUT2D eigenvalue weighted by Gasteiger charge is 2.43. The Kier molecular flexibility index (Phi) is 4.86. The summed E-state index contributed by atoms with van der Waals surface area (Å²) < 4.78 is 83.8. The van der Waals surface area contributed by atoms with Crippen molar-refractivity contribution in [2.45, 2.75) is 25.8 Å². The van der Waals surface area contributed by atoms with E-state index in [1.54, 1.807) is 19.1 Å². The molecule has 6 nitrogen and oxygen atoms in total. The van der Waals surface area contributed by atoms with Crippen molar-refractivity contribution in [3.63, 3.8) is 0 Å². The van der Waals surface area contributed by atoms with Crippen LogP contribution in [0.25, 0.3) is 22.6 Å². The van der Waals surface area contributed by atoms with Crippen LogP contribution >= 0.6 is 0 Å². The molecule has 0 fully saturated rings. The first-order valence-electron chi connectivity index (χ1n) is 8.81. The molecule has 162 valence electrons. The van der Waals surface area contributed by atoms with Gasteiger partial charge in [0.1, 0.15) is 5.58 Å². The van der Waals surface area contributed by atoms with Crippen LogP contribution in [0.5, 0.6) is 0 Å². The van der Waals surface area contributed by atoms with Gasteiger partial charge in [0.05, 0.1) is 11.1 Å². The SMILES string of the molecule is Cc1cc2cc(-c3nn[nH]n3)oc2cc1CNc1ccc(C(F)(F)F)c(C(F)(F)F)c1. The Hall–Kier alpha value is -3.57. The maximum atomic E-state index is 13.1. The lowest BCUT2D eigenvalue weighted by molar-refractivity contribution is -0.162. The van der Waals surface area contributed by atoms with Crippen molar-refractivity contribution >= 4 is 16.7 Å². The molecule has 0 aliphatic carbocycles. The summed E-state index contributed by atoms with van der Waals surface area (Å²) in [5, 5.41) is 16.9. The van der Waals surface area contributed by atoms with E-state index in [0.717, 1.165) is 17.0 Å². The Labute approximate surface area is 170 Å². The number of anilines is 1. The Morgan fingerprint density at radius 1 is 0.968 bits per heavy atom. The molecule has 4 aromatic rings. The molecular weight excluding hydrogens is 428 g/mol. The van der Waals surface area contributed by atoms with E-state index < -0.39 is 23.5 Å². The van der Waals surface area contributed by atoms with Crippen LogP contribution in [0.2, 0.25) is 0 Å². The third-order valence-electron chi connectivity index (χ3n) is 4.65. The minimum absolute atomic E-state index is 0.0721. The zero-order valence-corrected chi connectivity index (χ0v) is 15.7. The molecule has 0 amide bonds. The first kappa shape index (κ1) is 20.7. The maximum Gasteiger partial charge on any atom is 0.417 e. The number of alkyl halides is 6. The molecule has 0 saturated heterocycles. The predicted octanol–water partition coefficient (Wildman–Crippen LogP) is 5.57. The fraction of sp³-hybridized carbons (Fsp3) is 0.211. The molecule has 2 aromatic heterocycles. The number of aryl methyl sites for hydroxylation is 1. The molecule has 12 heteroatoms. The highest BCUT2D eigenvalue weighted by Crippen LogP contribution is 2.41. The minimum atomic E-state index is -5.14. The minimum Gasteiger partial charge on any atom is -0.453 e. The highest BCUT2D eigenvalue weighted by molar-refractivity contribution is 5.83. The molecule has 0 radical (unpaired) electrons. The van der Waals surface area contributed by atoms with Gasteiger partial charge in [-0.15, -0.1) is 10.2 Å². The fourth-order valence-corrected chi connectivity index (χ4v) is 3.14. The number of furan rings is 1. The molecule has 0 saturated carbocycles. The normalized spacial score (nSPS) is 12.5. The number of fused-ring (bicyclic) bond motifs is 1. The quantitative estimate of drug-likeness (QED) is 0.405. The second-order valence-corrected chi connectivity index (χ2v) is 6.77. The van der Waals surface area contributed by atoms with Crippen LogP contribution in [0.3, 0.4) is 0 Å². The molecule has 0 atom stereocenters. The Morgan fingerprint density at radius 3 is 2.35 bits per heavy atom. The van der Waals surface area contributed by atoms with Crippen LogP contribution in [0.4, 0.5) is 32.0 Å². The molecule has 4 rings (SSSR count). The second kappa shape index (κ2) is 7.29. The number of rotatable bonds is 4. The summed E-state index contributed by atoms with van der Waals surface area (Å²) >= 11 is 0. The van der Waals surface area contributed by atoms with E-state index in [0.29, 0.717) is 29.0 Å². The van der Waals surface area contributed by atoms with E-state index >= 15 is 0 Å². The molecule has 0 bridgehead atoms. The van der Waals surface area contributed by atoms with Gasteiger partial charge in [0.15, 0.2) is 5.76 Å². The van der Waals surface area contributed by atoms with E-state index in [9.17, 15) is 26.3 Å². The number of nitrogens with zero attached hydrogens (tertiary/aromatic N) is 3. The molecular formula is C19H13F6N5O. The Balaban J connectivity index is 1.61. The van der Waals surface area contributed by atoms with Crippen molar-refractivity contribution in [2.24, 2.45) is 0 Å². The zero-order valence-electron chi connectivity index (χ0n) is 15.7. The lowest BCUT2D eigenvalue weighted by Gasteiger charge is -2.17. The highest BCUT2D eigenvalue weighted by atomic mass is 19.4. The number of hydrogen-bond donors (Lipinski definition) is 2. The lowest BCUT2D eigenvalue weighted by atomic mass is 10.0. The molecule has 2 heterocycles. The number of tetrazole rings is 1. The van der Waals surface area contributed by atoms with Crippen molar-refractivity contribution in [3.8, 4) is 11.6 Å². The van der Waals surface area contributed by atoms with Crippen molar-refractivity contribution in [1.29, 1.82) is 0 Å². The third-order valence-corrected chi connectivity index (χ3v) is 4.65. The maximum absolute atomic E-state index is 13.1. The second-order valence-electron chi connectivity index (χ2n) is 6.77. The van der Waals surface area contributed by atoms with E-state index in [4.69, 9.17) is 4.42 Å². The topological polar surface area (TPSA) is 79.6 Å². The van der Waals surface area contributed by atoms with E-state index in [1.165, 1.54) is 0 Å². The van der Waals surface area contributed by atoms with Gasteiger partial charge in [-0.3, -0.25) is 0 Å². The first-order valence-corrected chi connectivity index (χ1v) is 8.81. The summed E-state index contributed by atoms with van der Waals surface area (Å²) in [4.78, 5) is 0. The molecule has 0 aliphatic heterocycles. The van der Waals surface area contributed by atoms with Crippen LogP contribution in [-0.4, -0.2) is 20.6 Å². The van der Waals surface area contributed by atoms with Crippen molar-refractivity contribution in [2.75, 3.05) is 5.32 Å². The first-order chi connectivity index (χ1) is 14.5. The molecule has 2 aromatic carbocycles. The summed E-state index contributed by atoms with van der Waals surface area (Å²) in [6.45, 7) is 1.87. The van der Waals surface area contributed by atoms with Gasteiger partial charge in [0, 0.05) is 17.6 Å². The van der Waals surface area contributed by atoms with E-state index in [1.807, 2.05) is 6.07 Å². The number of aromatic amines is 1. The molecule has 0 aliphatic rings. The van der Waals surface area contributed by atoms with Gasteiger partial charge in [-0.25, -0.2) is 0 Å². The van der Waals surface area contributed by atoms with Gasteiger partial charge in [-0.2, -0.15) is 31.6 Å². The largest absolute Gasteiger partial charge is 0.453 e. The van der Waals surface area contributed by atoms with Gasteiger partial charge < -0.3 is 9.73 Å². The van der Waals surface area contributed by atoms with Crippen LogP contribution in [-0.2, 0) is 18.9 Å². The molecule has 0 spiro atoms. The van der Waals surface area contributed by atoms with Crippen LogP contribution < -0.4 is 5.32 Å². The predicted molar refractivity (Wildman–Crippen MR) is 97.9 cm³/mol. The smallest absolute Gasteiger partial charge is 0.417 e. The van der Waals surface area contributed by atoms with Gasteiger partial charge in [-0.05, 0) is 59.7 Å². The average molecular weight is 441 g/mol. The van der Waals surface area contributed by atoms with Crippen molar-refractivity contribution in [1.82, 2.24) is 20.6 Å². The van der Waals surface area contributed by atoms with Crippen molar-refractivity contribution in [3.05, 3.63) is 58.7 Å². The Morgan fingerprint density at radius 2 is 1.71 bits per heavy atom. The molecule has 0 unspecified atom stereocenters. The third kappa shape index (κ3) is 4.18. The summed E-state index contributed by atoms with van der Waals surface area (Å²) in [5.41, 5.74) is -1.57. The zero-order chi connectivity index (χ0) is 22.4. The fourth-order valence-electron chi connectivity index (χ4n) is 3.14. The lowest BCUT2D eigenvalue weighted by Crippen LogP contribution is -2.17. The van der Waals surface area contributed by atoms with Crippen LogP contribution in [0.1, 0.15) is 22.3 Å². The summed E-state index contributed by atoms with van der Waals surface area (Å²) in [6.07, 6.45) is -10.3. The van der Waals surface area contributed by atoms with Gasteiger partial charge in [0.25, 0.3) is 0 Å². The molecule has 31 heavy (non-hydrogen) atoms. The van der Waals surface area contributed by atoms with Gasteiger partial charge >= 0.3 is 12.4 Å². The number of aromatic nitrogens is 4. The Bertz CT molecular complexity index is 1230. The number of benzene rings is 2.